The van der Waals surface area contributed by atoms with Gasteiger partial charge in [0.15, 0.2) is 0 Å². The van der Waals surface area contributed by atoms with Gasteiger partial charge in [-0.05, 0) is 44.9 Å². The second-order valence-corrected chi connectivity index (χ2v) is 6.28. The van der Waals surface area contributed by atoms with E-state index in [4.69, 9.17) is 0 Å². The van der Waals surface area contributed by atoms with Crippen molar-refractivity contribution < 1.29 is 0 Å². The molecule has 0 saturated heterocycles. The number of allylic oxidation sites excluding steroid dienone is 4. The molecule has 0 aromatic rings. The first-order chi connectivity index (χ1) is 10.4. The lowest BCUT2D eigenvalue weighted by atomic mass is 10.1. The highest BCUT2D eigenvalue weighted by atomic mass is 14.0. The van der Waals surface area contributed by atoms with Crippen LogP contribution in [0.15, 0.2) is 24.3 Å². The SMILES string of the molecule is CCCC/C=C\CCCCCCC/C=C\CCCCCC. The molecule has 0 fully saturated rings. The van der Waals surface area contributed by atoms with Gasteiger partial charge in [0.2, 0.25) is 0 Å². The first-order valence-corrected chi connectivity index (χ1v) is 9.71. The lowest BCUT2D eigenvalue weighted by Gasteiger charge is -1.98. The lowest BCUT2D eigenvalue weighted by Crippen LogP contribution is -1.79. The Morgan fingerprint density at radius 3 is 1.14 bits per heavy atom. The van der Waals surface area contributed by atoms with Crippen LogP contribution in [-0.4, -0.2) is 0 Å². The summed E-state index contributed by atoms with van der Waals surface area (Å²) in [5, 5.41) is 0. The lowest BCUT2D eigenvalue weighted by molar-refractivity contribution is 0.620. The first kappa shape index (κ1) is 20.5. The van der Waals surface area contributed by atoms with E-state index in [0.29, 0.717) is 0 Å². The van der Waals surface area contributed by atoms with E-state index in [1.54, 1.807) is 0 Å². The minimum absolute atomic E-state index is 1.28. The molecule has 0 spiro atoms. The van der Waals surface area contributed by atoms with Crippen LogP contribution < -0.4 is 0 Å². The van der Waals surface area contributed by atoms with Gasteiger partial charge in [0.05, 0.1) is 0 Å². The number of hydrogen-bond donors (Lipinski definition) is 0. The van der Waals surface area contributed by atoms with Crippen molar-refractivity contribution in [2.75, 3.05) is 0 Å². The quantitative estimate of drug-likeness (QED) is 0.200. The molecule has 0 N–H and O–H groups in total. The highest BCUT2D eigenvalue weighted by Crippen LogP contribution is 2.09. The van der Waals surface area contributed by atoms with Crippen molar-refractivity contribution in [2.45, 2.75) is 110 Å². The zero-order chi connectivity index (χ0) is 15.4. The molecular formula is C21H40. The maximum Gasteiger partial charge on any atom is -0.0351 e. The summed E-state index contributed by atoms with van der Waals surface area (Å²) in [6, 6.07) is 0. The average molecular weight is 293 g/mol. The third-order valence-electron chi connectivity index (χ3n) is 4.02. The Balaban J connectivity index is 3.08. The number of hydrogen-bond acceptors (Lipinski definition) is 0. The molecule has 0 aliphatic carbocycles. The summed E-state index contributed by atoms with van der Waals surface area (Å²) in [6.45, 7) is 4.54. The van der Waals surface area contributed by atoms with Gasteiger partial charge in [0.25, 0.3) is 0 Å². The van der Waals surface area contributed by atoms with Gasteiger partial charge < -0.3 is 0 Å². The van der Waals surface area contributed by atoms with Crippen molar-refractivity contribution in [2.24, 2.45) is 0 Å². The van der Waals surface area contributed by atoms with Gasteiger partial charge >= 0.3 is 0 Å². The van der Waals surface area contributed by atoms with Gasteiger partial charge in [-0.25, -0.2) is 0 Å². The molecule has 0 aliphatic rings. The van der Waals surface area contributed by atoms with Crippen molar-refractivity contribution in [3.05, 3.63) is 24.3 Å². The third-order valence-corrected chi connectivity index (χ3v) is 4.02. The summed E-state index contributed by atoms with van der Waals surface area (Å²) in [4.78, 5) is 0. The highest BCUT2D eigenvalue weighted by Gasteiger charge is 1.89. The normalized spacial score (nSPS) is 11.9. The number of unbranched alkanes of at least 4 members (excludes halogenated alkanes) is 12. The molecule has 0 radical (unpaired) electrons. The van der Waals surface area contributed by atoms with E-state index in [-0.39, 0.29) is 0 Å². The second-order valence-electron chi connectivity index (χ2n) is 6.28. The summed E-state index contributed by atoms with van der Waals surface area (Å²) in [6.07, 6.45) is 30.0. The molecule has 0 heterocycles. The Hall–Kier alpha value is -0.520. The van der Waals surface area contributed by atoms with Crippen molar-refractivity contribution in [3.8, 4) is 0 Å². The van der Waals surface area contributed by atoms with Crippen molar-refractivity contribution in [1.29, 1.82) is 0 Å². The molecule has 0 rings (SSSR count). The molecule has 0 aromatic heterocycles. The molecule has 0 heteroatoms. The second kappa shape index (κ2) is 19.5. The predicted molar refractivity (Wildman–Crippen MR) is 98.9 cm³/mol. The van der Waals surface area contributed by atoms with Crippen LogP contribution in [0.4, 0.5) is 0 Å². The zero-order valence-corrected chi connectivity index (χ0v) is 14.9. The van der Waals surface area contributed by atoms with Crippen LogP contribution in [0.2, 0.25) is 0 Å². The number of rotatable bonds is 16. The molecule has 0 aromatic carbocycles. The van der Waals surface area contributed by atoms with E-state index < -0.39 is 0 Å². The van der Waals surface area contributed by atoms with Crippen molar-refractivity contribution >= 4 is 0 Å². The Morgan fingerprint density at radius 2 is 0.714 bits per heavy atom. The summed E-state index contributed by atoms with van der Waals surface area (Å²) >= 11 is 0. The standard InChI is InChI=1S/C21H40/c1-3-5-7-9-11-13-15-17-19-21-20-18-16-14-12-10-8-6-4-2/h9,11,14,16H,3-8,10,12-13,15,17-21H2,1-2H3/b11-9-,16-14-. The maximum absolute atomic E-state index is 2.41. The zero-order valence-electron chi connectivity index (χ0n) is 14.9. The molecule has 0 unspecified atom stereocenters. The van der Waals surface area contributed by atoms with E-state index in [1.165, 1.54) is 96.3 Å². The minimum Gasteiger partial charge on any atom is -0.0885 e. The van der Waals surface area contributed by atoms with Gasteiger partial charge in [-0.3, -0.25) is 0 Å². The van der Waals surface area contributed by atoms with Gasteiger partial charge in [0, 0.05) is 0 Å². The molecule has 21 heavy (non-hydrogen) atoms. The van der Waals surface area contributed by atoms with E-state index in [2.05, 4.69) is 38.2 Å². The van der Waals surface area contributed by atoms with Gasteiger partial charge in [-0.2, -0.15) is 0 Å². The molecule has 0 saturated carbocycles. The first-order valence-electron chi connectivity index (χ1n) is 9.71. The molecular weight excluding hydrogens is 252 g/mol. The monoisotopic (exact) mass is 292 g/mol. The molecule has 0 nitrogen and oxygen atoms in total. The Morgan fingerprint density at radius 1 is 0.381 bits per heavy atom. The minimum atomic E-state index is 1.28. The van der Waals surface area contributed by atoms with E-state index in [0.717, 1.165) is 0 Å². The van der Waals surface area contributed by atoms with Crippen molar-refractivity contribution in [3.63, 3.8) is 0 Å². The Kier molecular flexibility index (Phi) is 19.0. The summed E-state index contributed by atoms with van der Waals surface area (Å²) < 4.78 is 0. The van der Waals surface area contributed by atoms with E-state index in [9.17, 15) is 0 Å². The maximum atomic E-state index is 2.41. The Bertz CT molecular complexity index is 224. The summed E-state index contributed by atoms with van der Waals surface area (Å²) in [5.74, 6) is 0. The fourth-order valence-corrected chi connectivity index (χ4v) is 2.54. The fraction of sp³-hybridized carbons (Fsp3) is 0.810. The highest BCUT2D eigenvalue weighted by molar-refractivity contribution is 4.82. The van der Waals surface area contributed by atoms with Crippen LogP contribution in [0, 0.1) is 0 Å². The molecule has 0 amide bonds. The van der Waals surface area contributed by atoms with E-state index in [1.807, 2.05) is 0 Å². The summed E-state index contributed by atoms with van der Waals surface area (Å²) in [5.41, 5.74) is 0. The van der Waals surface area contributed by atoms with Crippen LogP contribution >= 0.6 is 0 Å². The Labute approximate surface area is 135 Å². The topological polar surface area (TPSA) is 0 Å². The van der Waals surface area contributed by atoms with Gasteiger partial charge in [-0.15, -0.1) is 0 Å². The average Bonchev–Trinajstić information content (AvgIpc) is 2.50. The van der Waals surface area contributed by atoms with Crippen LogP contribution in [-0.2, 0) is 0 Å². The van der Waals surface area contributed by atoms with Crippen LogP contribution in [0.5, 0.6) is 0 Å². The third kappa shape index (κ3) is 19.5. The van der Waals surface area contributed by atoms with Crippen LogP contribution in [0.25, 0.3) is 0 Å². The smallest absolute Gasteiger partial charge is 0.0351 e. The molecule has 124 valence electrons. The predicted octanol–water partition coefficient (Wildman–Crippen LogP) is 7.99. The van der Waals surface area contributed by atoms with Gasteiger partial charge in [-0.1, -0.05) is 89.5 Å². The molecule has 0 bridgehead atoms. The fourth-order valence-electron chi connectivity index (χ4n) is 2.54. The molecule has 0 atom stereocenters. The summed E-state index contributed by atoms with van der Waals surface area (Å²) in [7, 11) is 0. The van der Waals surface area contributed by atoms with Gasteiger partial charge in [0.1, 0.15) is 0 Å². The van der Waals surface area contributed by atoms with E-state index >= 15 is 0 Å². The van der Waals surface area contributed by atoms with Crippen LogP contribution in [0.3, 0.4) is 0 Å². The van der Waals surface area contributed by atoms with Crippen LogP contribution in [0.1, 0.15) is 110 Å². The molecule has 0 aliphatic heterocycles. The largest absolute Gasteiger partial charge is 0.0885 e. The van der Waals surface area contributed by atoms with Crippen molar-refractivity contribution in [1.82, 2.24) is 0 Å².